The fourth-order valence-electron chi connectivity index (χ4n) is 4.17. The van der Waals surface area contributed by atoms with Gasteiger partial charge in [0.2, 0.25) is 5.88 Å². The summed E-state index contributed by atoms with van der Waals surface area (Å²) >= 11 is 0. The van der Waals surface area contributed by atoms with Crippen LogP contribution in [-0.4, -0.2) is 84.2 Å². The Labute approximate surface area is 245 Å². The Morgan fingerprint density at radius 1 is 0.955 bits per heavy atom. The van der Waals surface area contributed by atoms with Gasteiger partial charge >= 0.3 is 24.3 Å². The first-order valence-corrected chi connectivity index (χ1v) is 12.8. The highest BCUT2D eigenvalue weighted by molar-refractivity contribution is 5.73. The minimum Gasteiger partial charge on any atom is -0.481 e. The summed E-state index contributed by atoms with van der Waals surface area (Å²) in [4.78, 5) is 33.5. The third kappa shape index (κ3) is 9.62. The molecular formula is C27H26F6N6O5. The van der Waals surface area contributed by atoms with Gasteiger partial charge in [0.25, 0.3) is 0 Å². The maximum atomic E-state index is 10.6. The van der Waals surface area contributed by atoms with Gasteiger partial charge in [0.15, 0.2) is 11.5 Å². The number of likely N-dealkylation sites (tertiary alicyclic amines) is 1. The van der Waals surface area contributed by atoms with E-state index in [9.17, 15) is 26.3 Å². The van der Waals surface area contributed by atoms with E-state index in [0.29, 0.717) is 11.8 Å². The van der Waals surface area contributed by atoms with Crippen molar-refractivity contribution < 1.29 is 50.9 Å². The molecule has 1 atom stereocenters. The Kier molecular flexibility index (Phi) is 11.2. The van der Waals surface area contributed by atoms with E-state index in [1.54, 1.807) is 25.7 Å². The number of fused-ring (bicyclic) bond motifs is 1. The number of rotatable bonds is 5. The molecule has 4 aromatic heterocycles. The van der Waals surface area contributed by atoms with Gasteiger partial charge < -0.3 is 14.9 Å². The first-order chi connectivity index (χ1) is 20.7. The first-order valence-electron chi connectivity index (χ1n) is 12.8. The number of aromatic nitrogens is 5. The molecule has 0 aliphatic carbocycles. The fraction of sp³-hybridized carbons (Fsp3) is 0.333. The van der Waals surface area contributed by atoms with Gasteiger partial charge in [-0.05, 0) is 55.3 Å². The molecule has 1 fully saturated rings. The molecule has 0 bridgehead atoms. The third-order valence-electron chi connectivity index (χ3n) is 6.15. The maximum Gasteiger partial charge on any atom is 0.490 e. The molecule has 44 heavy (non-hydrogen) atoms. The number of hydrogen-bond acceptors (Lipinski definition) is 8. The number of nitrogens with zero attached hydrogens (tertiary/aromatic N) is 6. The second-order valence-electron chi connectivity index (χ2n) is 9.28. The van der Waals surface area contributed by atoms with Crippen LogP contribution in [-0.2, 0) is 16.1 Å². The normalized spacial score (nSPS) is 15.4. The van der Waals surface area contributed by atoms with Crippen LogP contribution in [0.25, 0.3) is 16.8 Å². The number of pyridine rings is 3. The van der Waals surface area contributed by atoms with Crippen LogP contribution >= 0.6 is 0 Å². The Bertz CT molecular complexity index is 1520. The summed E-state index contributed by atoms with van der Waals surface area (Å²) in [5.41, 5.74) is 4.23. The molecule has 0 saturated carbocycles. The van der Waals surface area contributed by atoms with Crippen LogP contribution in [0, 0.1) is 0 Å². The molecule has 0 radical (unpaired) electrons. The highest BCUT2D eigenvalue weighted by Crippen LogP contribution is 2.28. The van der Waals surface area contributed by atoms with E-state index in [1.807, 2.05) is 35.0 Å². The van der Waals surface area contributed by atoms with Crippen molar-refractivity contribution in [3.63, 3.8) is 0 Å². The molecule has 1 aliphatic rings. The zero-order chi connectivity index (χ0) is 32.5. The summed E-state index contributed by atoms with van der Waals surface area (Å²) in [5, 5.41) is 19.1. The van der Waals surface area contributed by atoms with Gasteiger partial charge in [-0.2, -0.15) is 31.4 Å². The molecule has 0 aromatic carbocycles. The lowest BCUT2D eigenvalue weighted by molar-refractivity contribution is -0.193. The fourth-order valence-corrected chi connectivity index (χ4v) is 4.17. The zero-order valence-corrected chi connectivity index (χ0v) is 23.0. The molecule has 11 nitrogen and oxygen atoms in total. The second kappa shape index (κ2) is 14.6. The minimum absolute atomic E-state index is 0.325. The molecule has 236 valence electrons. The van der Waals surface area contributed by atoms with Gasteiger partial charge in [-0.3, -0.25) is 9.88 Å². The standard InChI is InChI=1S/C23H24N6O.2C2HF3O2/c1-30-23-20(4-2-10-25-23)15-28-13-3-5-19(14-28)22-26-21-7-6-18(16-29(21)27-22)17-8-11-24-12-9-17;2*3-2(4,5)1(6)7/h2,4,6-12,16,19H,3,5,13-15H2,1H3;2*(H,6,7). The maximum absolute atomic E-state index is 10.6. The zero-order valence-electron chi connectivity index (χ0n) is 23.0. The quantitative estimate of drug-likeness (QED) is 0.295. The highest BCUT2D eigenvalue weighted by atomic mass is 19.4. The molecule has 1 saturated heterocycles. The van der Waals surface area contributed by atoms with Crippen molar-refractivity contribution in [3.05, 3.63) is 72.6 Å². The average molecular weight is 629 g/mol. The van der Waals surface area contributed by atoms with E-state index < -0.39 is 24.3 Å². The summed E-state index contributed by atoms with van der Waals surface area (Å²) in [6.45, 7) is 2.83. The smallest absolute Gasteiger partial charge is 0.481 e. The van der Waals surface area contributed by atoms with E-state index in [4.69, 9.17) is 34.6 Å². The van der Waals surface area contributed by atoms with Gasteiger partial charge in [-0.1, -0.05) is 6.07 Å². The summed E-state index contributed by atoms with van der Waals surface area (Å²) in [7, 11) is 1.67. The largest absolute Gasteiger partial charge is 0.490 e. The van der Waals surface area contributed by atoms with E-state index in [0.717, 1.165) is 60.6 Å². The second-order valence-corrected chi connectivity index (χ2v) is 9.28. The van der Waals surface area contributed by atoms with Crippen LogP contribution in [0.4, 0.5) is 26.3 Å². The number of hydrogen-bond donors (Lipinski definition) is 2. The van der Waals surface area contributed by atoms with Gasteiger partial charge in [0.1, 0.15) is 0 Å². The number of aliphatic carboxylic acids is 2. The van der Waals surface area contributed by atoms with Crippen molar-refractivity contribution in [2.24, 2.45) is 0 Å². The molecule has 0 spiro atoms. The Morgan fingerprint density at radius 3 is 2.18 bits per heavy atom. The SMILES string of the molecule is COc1ncccc1CN1CCCC(c2nc3ccc(-c4ccncc4)cn3n2)C1.O=C(O)C(F)(F)F.O=C(O)C(F)(F)F. The van der Waals surface area contributed by atoms with E-state index in [2.05, 4.69) is 27.0 Å². The lowest BCUT2D eigenvalue weighted by Gasteiger charge is -2.31. The lowest BCUT2D eigenvalue weighted by atomic mass is 9.97. The highest BCUT2D eigenvalue weighted by Gasteiger charge is 2.38. The molecule has 5 heterocycles. The number of ether oxygens (including phenoxy) is 1. The molecular weight excluding hydrogens is 602 g/mol. The van der Waals surface area contributed by atoms with Crippen molar-refractivity contribution in [1.82, 2.24) is 29.5 Å². The summed E-state index contributed by atoms with van der Waals surface area (Å²) < 4.78 is 70.8. The van der Waals surface area contributed by atoms with Crippen LogP contribution in [0.15, 0.2) is 61.2 Å². The van der Waals surface area contributed by atoms with E-state index in [1.165, 1.54) is 0 Å². The summed E-state index contributed by atoms with van der Waals surface area (Å²) in [6.07, 6.45) is -0.509. The third-order valence-corrected chi connectivity index (χ3v) is 6.15. The minimum atomic E-state index is -5.08. The van der Waals surface area contributed by atoms with Gasteiger partial charge in [0, 0.05) is 54.9 Å². The molecule has 2 N–H and O–H groups in total. The summed E-state index contributed by atoms with van der Waals surface area (Å²) in [6, 6.07) is 12.2. The van der Waals surface area contributed by atoms with Gasteiger partial charge in [-0.25, -0.2) is 24.1 Å². The summed E-state index contributed by atoms with van der Waals surface area (Å²) in [5.74, 6) is -3.57. The molecule has 4 aromatic rings. The van der Waals surface area contributed by atoms with E-state index >= 15 is 0 Å². The van der Waals surface area contributed by atoms with E-state index in [-0.39, 0.29) is 0 Å². The van der Waals surface area contributed by atoms with Crippen molar-refractivity contribution in [1.29, 1.82) is 0 Å². The predicted octanol–water partition coefficient (Wildman–Crippen LogP) is 4.84. The Hall–Kier alpha value is -4.80. The van der Waals surface area contributed by atoms with Crippen molar-refractivity contribution in [2.45, 2.75) is 37.7 Å². The monoisotopic (exact) mass is 628 g/mol. The number of carboxylic acid groups (broad SMARTS) is 2. The lowest BCUT2D eigenvalue weighted by Crippen LogP contribution is -2.34. The molecule has 1 unspecified atom stereocenters. The molecule has 1 aliphatic heterocycles. The molecule has 5 rings (SSSR count). The number of methoxy groups -OCH3 is 1. The van der Waals surface area contributed by atoms with Crippen LogP contribution in [0.2, 0.25) is 0 Å². The number of halogens is 6. The Morgan fingerprint density at radius 2 is 1.59 bits per heavy atom. The molecule has 17 heteroatoms. The van der Waals surface area contributed by atoms with Crippen molar-refractivity contribution >= 4 is 17.6 Å². The van der Waals surface area contributed by atoms with Crippen LogP contribution in [0.3, 0.4) is 0 Å². The number of alkyl halides is 6. The van der Waals surface area contributed by atoms with Gasteiger partial charge in [-0.15, -0.1) is 0 Å². The average Bonchev–Trinajstić information content (AvgIpc) is 3.41. The predicted molar refractivity (Wildman–Crippen MR) is 142 cm³/mol. The topological polar surface area (TPSA) is 143 Å². The number of piperidine rings is 1. The molecule has 0 amide bonds. The number of carboxylic acids is 2. The van der Waals surface area contributed by atoms with Crippen LogP contribution < -0.4 is 4.74 Å². The first kappa shape index (κ1) is 33.7. The van der Waals surface area contributed by atoms with Gasteiger partial charge in [0.05, 0.1) is 7.11 Å². The van der Waals surface area contributed by atoms with Crippen LogP contribution in [0.5, 0.6) is 5.88 Å². The Balaban J connectivity index is 0.000000317. The van der Waals surface area contributed by atoms with Crippen molar-refractivity contribution in [2.75, 3.05) is 20.2 Å². The number of carbonyl (C=O) groups is 2. The van der Waals surface area contributed by atoms with Crippen LogP contribution in [0.1, 0.15) is 30.1 Å². The van der Waals surface area contributed by atoms with Crippen molar-refractivity contribution in [3.8, 4) is 17.0 Å².